The molecule has 0 radical (unpaired) electrons. The van der Waals surface area contributed by atoms with Crippen LogP contribution in [0.1, 0.15) is 36.5 Å². The molecule has 0 amide bonds. The highest BCUT2D eigenvalue weighted by Gasteiger charge is 2.25. The summed E-state index contributed by atoms with van der Waals surface area (Å²) in [5, 5.41) is 15.7. The molecule has 1 atom stereocenters. The van der Waals surface area contributed by atoms with Gasteiger partial charge in [-0.05, 0) is 52.1 Å². The van der Waals surface area contributed by atoms with Gasteiger partial charge in [0.2, 0.25) is 0 Å². The predicted molar refractivity (Wildman–Crippen MR) is 96.0 cm³/mol. The van der Waals surface area contributed by atoms with Gasteiger partial charge in [0.15, 0.2) is 0 Å². The highest BCUT2D eigenvalue weighted by atomic mass is 19.1. The Balaban J connectivity index is 2.20. The molecule has 0 bridgehead atoms. The normalized spacial score (nSPS) is 13.1. The lowest BCUT2D eigenvalue weighted by Crippen LogP contribution is -2.16. The van der Waals surface area contributed by atoms with Crippen LogP contribution in [0.4, 0.5) is 4.39 Å². The Labute approximate surface area is 146 Å². The van der Waals surface area contributed by atoms with Crippen molar-refractivity contribution in [3.63, 3.8) is 0 Å². The number of aromatic nitrogens is 2. The van der Waals surface area contributed by atoms with Crippen LogP contribution in [-0.2, 0) is 6.42 Å². The molecule has 0 saturated heterocycles. The molecular formula is C19H24FN3O2. The minimum absolute atomic E-state index is 0.322. The molecule has 1 aromatic carbocycles. The largest absolute Gasteiger partial charge is 0.388 e. The molecule has 3 rings (SSSR count). The molecule has 2 aromatic heterocycles. The summed E-state index contributed by atoms with van der Waals surface area (Å²) in [6, 6.07) is 4.59. The molecule has 0 aliphatic carbocycles. The van der Waals surface area contributed by atoms with E-state index in [-0.39, 0.29) is 5.82 Å². The molecule has 2 heterocycles. The van der Waals surface area contributed by atoms with E-state index in [0.29, 0.717) is 29.6 Å². The number of nitrogens with one attached hydrogen (secondary N) is 1. The van der Waals surface area contributed by atoms with Crippen LogP contribution >= 0.6 is 0 Å². The van der Waals surface area contributed by atoms with Crippen molar-refractivity contribution >= 4 is 10.9 Å². The number of fused-ring (bicyclic) bond motifs is 1. The van der Waals surface area contributed by atoms with Gasteiger partial charge in [-0.3, -0.25) is 0 Å². The summed E-state index contributed by atoms with van der Waals surface area (Å²) in [6.45, 7) is 4.58. The number of rotatable bonds is 6. The van der Waals surface area contributed by atoms with Crippen molar-refractivity contribution in [2.75, 3.05) is 20.6 Å². The van der Waals surface area contributed by atoms with E-state index in [1.54, 1.807) is 6.07 Å². The number of halogens is 1. The van der Waals surface area contributed by atoms with Crippen molar-refractivity contribution in [3.8, 4) is 11.3 Å². The molecule has 134 valence electrons. The molecule has 5 nitrogen and oxygen atoms in total. The molecule has 0 aliphatic rings. The molecule has 6 heteroatoms. The molecule has 3 aromatic rings. The van der Waals surface area contributed by atoms with Gasteiger partial charge < -0.3 is 19.5 Å². The van der Waals surface area contributed by atoms with Gasteiger partial charge in [0.25, 0.3) is 0 Å². The van der Waals surface area contributed by atoms with E-state index < -0.39 is 6.10 Å². The first kappa shape index (κ1) is 17.6. The Hall–Kier alpha value is -2.18. The zero-order valence-electron chi connectivity index (χ0n) is 15.1. The van der Waals surface area contributed by atoms with Gasteiger partial charge in [-0.1, -0.05) is 12.1 Å². The van der Waals surface area contributed by atoms with Gasteiger partial charge in [-0.2, -0.15) is 0 Å². The lowest BCUT2D eigenvalue weighted by Gasteiger charge is -2.16. The summed E-state index contributed by atoms with van der Waals surface area (Å²) in [5.74, 6) is 0.363. The minimum atomic E-state index is -0.716. The summed E-state index contributed by atoms with van der Waals surface area (Å²) >= 11 is 0. The summed E-state index contributed by atoms with van der Waals surface area (Å²) in [4.78, 5) is 5.35. The zero-order chi connectivity index (χ0) is 18.1. The lowest BCUT2D eigenvalue weighted by molar-refractivity contribution is 0.156. The Morgan fingerprint density at radius 1 is 1.36 bits per heavy atom. The summed E-state index contributed by atoms with van der Waals surface area (Å²) in [7, 11) is 3.92. The maximum Gasteiger partial charge on any atom is 0.143 e. The third-order valence-corrected chi connectivity index (χ3v) is 4.50. The van der Waals surface area contributed by atoms with Crippen LogP contribution in [-0.4, -0.2) is 40.8 Å². The van der Waals surface area contributed by atoms with Crippen molar-refractivity contribution in [2.45, 2.75) is 32.8 Å². The smallest absolute Gasteiger partial charge is 0.143 e. The summed E-state index contributed by atoms with van der Waals surface area (Å²) in [6.07, 6.45) is 0.547. The van der Waals surface area contributed by atoms with Gasteiger partial charge in [0.05, 0.1) is 23.1 Å². The average molecular weight is 345 g/mol. The molecule has 0 saturated carbocycles. The van der Waals surface area contributed by atoms with Crippen LogP contribution < -0.4 is 0 Å². The van der Waals surface area contributed by atoms with E-state index in [2.05, 4.69) is 10.1 Å². The fourth-order valence-corrected chi connectivity index (χ4v) is 3.23. The van der Waals surface area contributed by atoms with Crippen LogP contribution in [0.3, 0.4) is 0 Å². The van der Waals surface area contributed by atoms with Crippen molar-refractivity contribution < 1.29 is 14.0 Å². The SMILES string of the molecule is CCc1noc(C)c1-c1[nH]c2ccc(F)cc2c1C(O)CCN(C)C. The van der Waals surface area contributed by atoms with E-state index >= 15 is 0 Å². The fraction of sp³-hybridized carbons (Fsp3) is 0.421. The number of aromatic amines is 1. The third kappa shape index (κ3) is 3.32. The van der Waals surface area contributed by atoms with Crippen molar-refractivity contribution in [3.05, 3.63) is 41.0 Å². The molecule has 1 unspecified atom stereocenters. The number of H-pyrrole nitrogens is 1. The van der Waals surface area contributed by atoms with E-state index in [1.807, 2.05) is 32.8 Å². The predicted octanol–water partition coefficient (Wildman–Crippen LogP) is 3.82. The topological polar surface area (TPSA) is 65.3 Å². The maximum atomic E-state index is 13.8. The van der Waals surface area contributed by atoms with Gasteiger partial charge in [0, 0.05) is 23.0 Å². The Bertz CT molecular complexity index is 882. The number of aryl methyl sites for hydroxylation is 2. The molecular weight excluding hydrogens is 321 g/mol. The lowest BCUT2D eigenvalue weighted by atomic mass is 9.97. The quantitative estimate of drug-likeness (QED) is 0.713. The van der Waals surface area contributed by atoms with Crippen molar-refractivity contribution in [1.29, 1.82) is 0 Å². The Morgan fingerprint density at radius 2 is 2.12 bits per heavy atom. The van der Waals surface area contributed by atoms with Gasteiger partial charge in [-0.15, -0.1) is 0 Å². The molecule has 2 N–H and O–H groups in total. The Kier molecular flexibility index (Phi) is 4.92. The average Bonchev–Trinajstić information content (AvgIpc) is 3.11. The second-order valence-corrected chi connectivity index (χ2v) is 6.63. The Morgan fingerprint density at radius 3 is 2.80 bits per heavy atom. The first-order valence-electron chi connectivity index (χ1n) is 8.51. The van der Waals surface area contributed by atoms with E-state index in [0.717, 1.165) is 29.0 Å². The number of hydrogen-bond donors (Lipinski definition) is 2. The maximum absolute atomic E-state index is 13.8. The van der Waals surface area contributed by atoms with E-state index in [4.69, 9.17) is 4.52 Å². The second-order valence-electron chi connectivity index (χ2n) is 6.63. The fourth-order valence-electron chi connectivity index (χ4n) is 3.23. The summed E-state index contributed by atoms with van der Waals surface area (Å²) in [5.41, 5.74) is 3.95. The monoisotopic (exact) mass is 345 g/mol. The van der Waals surface area contributed by atoms with Crippen LogP contribution in [0.15, 0.2) is 22.7 Å². The highest BCUT2D eigenvalue weighted by Crippen LogP contribution is 2.39. The number of hydrogen-bond acceptors (Lipinski definition) is 4. The standard InChI is InChI=1S/C19H24FN3O2/c1-5-14-17(11(2)25-22-14)19-18(16(24)8-9-23(3)4)13-10-12(20)6-7-15(13)21-19/h6-7,10,16,21,24H,5,8-9H2,1-4H3. The van der Waals surface area contributed by atoms with Crippen LogP contribution in [0.2, 0.25) is 0 Å². The number of nitrogens with zero attached hydrogens (tertiary/aromatic N) is 2. The molecule has 0 aliphatic heterocycles. The first-order valence-corrected chi connectivity index (χ1v) is 8.51. The number of benzene rings is 1. The minimum Gasteiger partial charge on any atom is -0.388 e. The van der Waals surface area contributed by atoms with Gasteiger partial charge >= 0.3 is 0 Å². The molecule has 25 heavy (non-hydrogen) atoms. The third-order valence-electron chi connectivity index (χ3n) is 4.50. The van der Waals surface area contributed by atoms with Gasteiger partial charge in [0.1, 0.15) is 11.6 Å². The zero-order valence-corrected chi connectivity index (χ0v) is 15.1. The van der Waals surface area contributed by atoms with Crippen LogP contribution in [0.5, 0.6) is 0 Å². The van der Waals surface area contributed by atoms with E-state index in [1.165, 1.54) is 12.1 Å². The highest BCUT2D eigenvalue weighted by molar-refractivity contribution is 5.92. The first-order chi connectivity index (χ1) is 11.9. The number of aliphatic hydroxyl groups excluding tert-OH is 1. The second kappa shape index (κ2) is 6.98. The van der Waals surface area contributed by atoms with E-state index in [9.17, 15) is 9.50 Å². The van der Waals surface area contributed by atoms with Crippen LogP contribution in [0.25, 0.3) is 22.2 Å². The summed E-state index contributed by atoms with van der Waals surface area (Å²) < 4.78 is 19.2. The van der Waals surface area contributed by atoms with Gasteiger partial charge in [-0.25, -0.2) is 4.39 Å². The van der Waals surface area contributed by atoms with Crippen molar-refractivity contribution in [2.24, 2.45) is 0 Å². The molecule has 0 fully saturated rings. The van der Waals surface area contributed by atoms with Crippen LogP contribution in [0, 0.1) is 12.7 Å². The van der Waals surface area contributed by atoms with Crippen molar-refractivity contribution in [1.82, 2.24) is 15.0 Å². The number of aliphatic hydroxyl groups is 1. The molecule has 0 spiro atoms.